The van der Waals surface area contributed by atoms with Crippen molar-refractivity contribution in [3.8, 4) is 6.07 Å². The fourth-order valence-electron chi connectivity index (χ4n) is 4.68. The largest absolute Gasteiger partial charge is 0.469 e. The number of nitriles is 1. The van der Waals surface area contributed by atoms with Crippen molar-refractivity contribution < 1.29 is 19.1 Å². The maximum atomic E-state index is 14.0. The molecule has 8 heteroatoms. The van der Waals surface area contributed by atoms with Gasteiger partial charge in [-0.05, 0) is 64.7 Å². The lowest BCUT2D eigenvalue weighted by Gasteiger charge is -2.31. The second-order valence-corrected chi connectivity index (χ2v) is 9.81. The molecule has 0 aliphatic carbocycles. The van der Waals surface area contributed by atoms with Gasteiger partial charge in [0.25, 0.3) is 5.91 Å². The van der Waals surface area contributed by atoms with Crippen LogP contribution < -0.4 is 5.32 Å². The maximum Gasteiger partial charge on any atom is 0.311 e. The van der Waals surface area contributed by atoms with Crippen molar-refractivity contribution in [2.75, 3.05) is 7.11 Å². The van der Waals surface area contributed by atoms with Gasteiger partial charge < -0.3 is 15.0 Å². The van der Waals surface area contributed by atoms with Gasteiger partial charge in [0.2, 0.25) is 5.91 Å². The molecule has 0 saturated carbocycles. The van der Waals surface area contributed by atoms with Crippen LogP contribution in [-0.4, -0.2) is 35.8 Å². The highest BCUT2D eigenvalue weighted by atomic mass is 79.9. The number of carbonyl (C=O) groups is 3. The van der Waals surface area contributed by atoms with Gasteiger partial charge in [0.05, 0.1) is 36.3 Å². The number of rotatable bonds is 6. The number of nitrogens with zero attached hydrogens (tertiary/aromatic N) is 2. The minimum absolute atomic E-state index is 0.104. The summed E-state index contributed by atoms with van der Waals surface area (Å²) in [5.74, 6) is -2.01. The van der Waals surface area contributed by atoms with Crippen molar-refractivity contribution in [1.82, 2.24) is 10.2 Å². The highest BCUT2D eigenvalue weighted by Gasteiger charge is 2.51. The summed E-state index contributed by atoms with van der Waals surface area (Å²) in [5, 5.41) is 12.2. The molecule has 0 bridgehead atoms. The summed E-state index contributed by atoms with van der Waals surface area (Å²) in [6, 6.07) is 21.9. The molecule has 188 valence electrons. The van der Waals surface area contributed by atoms with E-state index in [9.17, 15) is 19.6 Å². The van der Waals surface area contributed by atoms with E-state index in [2.05, 4.69) is 27.3 Å². The molecular weight excluding hydrogens is 534 g/mol. The summed E-state index contributed by atoms with van der Waals surface area (Å²) >= 11 is 3.45. The molecule has 7 nitrogen and oxygen atoms in total. The van der Waals surface area contributed by atoms with Crippen LogP contribution in [0.3, 0.4) is 0 Å². The Hall–Kier alpha value is -3.96. The average molecular weight is 560 g/mol. The Balaban J connectivity index is 1.74. The summed E-state index contributed by atoms with van der Waals surface area (Å²) in [4.78, 5) is 41.9. The number of nitrogens with one attached hydrogen (secondary N) is 1. The summed E-state index contributed by atoms with van der Waals surface area (Å²) < 4.78 is 5.67. The zero-order valence-electron chi connectivity index (χ0n) is 20.5. The minimum atomic E-state index is -0.908. The first-order chi connectivity index (χ1) is 17.8. The fourth-order valence-corrected chi connectivity index (χ4v) is 5.14. The van der Waals surface area contributed by atoms with Gasteiger partial charge in [0.1, 0.15) is 6.04 Å². The molecule has 3 atom stereocenters. The summed E-state index contributed by atoms with van der Waals surface area (Å²) in [5.41, 5.74) is 3.51. The number of carbonyl (C=O) groups excluding carboxylic acids is 3. The van der Waals surface area contributed by atoms with Crippen LogP contribution in [0.15, 0.2) is 77.3 Å². The van der Waals surface area contributed by atoms with Crippen LogP contribution in [0.4, 0.5) is 0 Å². The summed E-state index contributed by atoms with van der Waals surface area (Å²) in [6.07, 6.45) is 0.104. The molecule has 1 saturated heterocycles. The van der Waals surface area contributed by atoms with Crippen LogP contribution in [0.5, 0.6) is 0 Å². The number of ether oxygens (including phenoxy) is 1. The molecule has 0 spiro atoms. The summed E-state index contributed by atoms with van der Waals surface area (Å²) in [7, 11) is 1.29. The molecule has 3 aromatic carbocycles. The quantitative estimate of drug-likeness (QED) is 0.441. The van der Waals surface area contributed by atoms with Gasteiger partial charge in [-0.3, -0.25) is 14.4 Å². The first-order valence-electron chi connectivity index (χ1n) is 11.8. The molecule has 3 aromatic rings. The van der Waals surface area contributed by atoms with Crippen molar-refractivity contribution in [1.29, 1.82) is 5.26 Å². The molecule has 37 heavy (non-hydrogen) atoms. The predicted octanol–water partition coefficient (Wildman–Crippen LogP) is 4.69. The van der Waals surface area contributed by atoms with E-state index in [1.54, 1.807) is 48.5 Å². The predicted molar refractivity (Wildman–Crippen MR) is 141 cm³/mol. The van der Waals surface area contributed by atoms with Gasteiger partial charge in [0.15, 0.2) is 0 Å². The SMILES string of the molecule is COC(=O)C1CC(C(=O)NCc2ccc(C)cc2)N(C(=O)c2ccccc2Br)C1c1ccc(C#N)cc1. The highest BCUT2D eigenvalue weighted by Crippen LogP contribution is 2.43. The number of methoxy groups -OCH3 is 1. The van der Waals surface area contributed by atoms with Crippen LogP contribution in [0.1, 0.15) is 45.1 Å². The molecular formula is C29H26BrN3O4. The Bertz CT molecular complexity index is 1350. The molecule has 0 aromatic heterocycles. The van der Waals surface area contributed by atoms with Gasteiger partial charge >= 0.3 is 5.97 Å². The highest BCUT2D eigenvalue weighted by molar-refractivity contribution is 9.10. The molecule has 1 N–H and O–H groups in total. The topological polar surface area (TPSA) is 99.5 Å². The molecule has 1 heterocycles. The zero-order valence-corrected chi connectivity index (χ0v) is 22.1. The molecule has 1 fully saturated rings. The van der Waals surface area contributed by atoms with Gasteiger partial charge in [-0.25, -0.2) is 0 Å². The van der Waals surface area contributed by atoms with Crippen molar-refractivity contribution in [2.24, 2.45) is 5.92 Å². The van der Waals surface area contributed by atoms with Crippen LogP contribution in [0.25, 0.3) is 0 Å². The third kappa shape index (κ3) is 5.57. The third-order valence-electron chi connectivity index (χ3n) is 6.61. The van der Waals surface area contributed by atoms with Crippen molar-refractivity contribution in [2.45, 2.75) is 32.0 Å². The van der Waals surface area contributed by atoms with E-state index in [1.165, 1.54) is 12.0 Å². The van der Waals surface area contributed by atoms with E-state index in [-0.39, 0.29) is 24.8 Å². The van der Waals surface area contributed by atoms with Gasteiger partial charge in [0, 0.05) is 11.0 Å². The second kappa shape index (κ2) is 11.4. The van der Waals surface area contributed by atoms with Crippen molar-refractivity contribution in [3.63, 3.8) is 0 Å². The first-order valence-corrected chi connectivity index (χ1v) is 12.6. The van der Waals surface area contributed by atoms with Crippen LogP contribution in [0, 0.1) is 24.2 Å². The molecule has 1 aliphatic rings. The normalized spacial score (nSPS) is 18.6. The van der Waals surface area contributed by atoms with Gasteiger partial charge in [-0.1, -0.05) is 54.1 Å². The number of aryl methyl sites for hydroxylation is 1. The van der Waals surface area contributed by atoms with Crippen molar-refractivity contribution in [3.05, 3.63) is 105 Å². The standard InChI is InChI=1S/C29H26BrN3O4/c1-18-7-9-20(10-8-18)17-32-27(34)25-15-23(29(36)37-2)26(21-13-11-19(16-31)12-14-21)33(25)28(35)22-5-3-4-6-24(22)30/h3-14,23,25-26H,15,17H2,1-2H3,(H,32,34). The molecule has 2 amide bonds. The van der Waals surface area contributed by atoms with Crippen molar-refractivity contribution >= 4 is 33.7 Å². The van der Waals surface area contributed by atoms with Crippen LogP contribution >= 0.6 is 15.9 Å². The lowest BCUT2D eigenvalue weighted by Crippen LogP contribution is -2.46. The van der Waals surface area contributed by atoms with E-state index in [0.717, 1.165) is 11.1 Å². The monoisotopic (exact) mass is 559 g/mol. The smallest absolute Gasteiger partial charge is 0.311 e. The number of hydrogen-bond donors (Lipinski definition) is 1. The zero-order chi connectivity index (χ0) is 26.5. The molecule has 4 rings (SSSR count). The number of hydrogen-bond acceptors (Lipinski definition) is 5. The van der Waals surface area contributed by atoms with E-state index < -0.39 is 24.0 Å². The van der Waals surface area contributed by atoms with Crippen LogP contribution in [0.2, 0.25) is 0 Å². The number of amides is 2. The van der Waals surface area contributed by atoms with Gasteiger partial charge in [-0.15, -0.1) is 0 Å². The number of halogens is 1. The Kier molecular flexibility index (Phi) is 8.04. The van der Waals surface area contributed by atoms with E-state index in [1.807, 2.05) is 31.2 Å². The molecule has 0 radical (unpaired) electrons. The average Bonchev–Trinajstić information content (AvgIpc) is 3.33. The second-order valence-electron chi connectivity index (χ2n) is 8.96. The Morgan fingerprint density at radius 3 is 2.35 bits per heavy atom. The van der Waals surface area contributed by atoms with Gasteiger partial charge in [-0.2, -0.15) is 5.26 Å². The number of benzene rings is 3. The van der Waals surface area contributed by atoms with E-state index in [0.29, 0.717) is 21.2 Å². The molecule has 1 aliphatic heterocycles. The lowest BCUT2D eigenvalue weighted by atomic mass is 9.92. The summed E-state index contributed by atoms with van der Waals surface area (Å²) in [6.45, 7) is 2.28. The molecule has 3 unspecified atom stereocenters. The number of likely N-dealkylation sites (tertiary alicyclic amines) is 1. The number of esters is 1. The van der Waals surface area contributed by atoms with Crippen LogP contribution in [-0.2, 0) is 20.9 Å². The first kappa shape index (κ1) is 26.1. The Labute approximate surface area is 224 Å². The third-order valence-corrected chi connectivity index (χ3v) is 7.30. The Morgan fingerprint density at radius 1 is 1.05 bits per heavy atom. The Morgan fingerprint density at radius 2 is 1.73 bits per heavy atom. The lowest BCUT2D eigenvalue weighted by molar-refractivity contribution is -0.146. The fraction of sp³-hybridized carbons (Fsp3) is 0.241. The van der Waals surface area contributed by atoms with E-state index in [4.69, 9.17) is 4.74 Å². The minimum Gasteiger partial charge on any atom is -0.469 e. The maximum absolute atomic E-state index is 14.0. The van der Waals surface area contributed by atoms with E-state index >= 15 is 0 Å².